The summed E-state index contributed by atoms with van der Waals surface area (Å²) in [6, 6.07) is 8.83. The number of hydrogen-bond donors (Lipinski definition) is 1. The van der Waals surface area contributed by atoms with Crippen LogP contribution in [0.25, 0.3) is 0 Å². The summed E-state index contributed by atoms with van der Waals surface area (Å²) in [5, 5.41) is 9.22. The van der Waals surface area contributed by atoms with Gasteiger partial charge in [0.25, 0.3) is 0 Å². The number of hydrogen-bond acceptors (Lipinski definition) is 3. The summed E-state index contributed by atoms with van der Waals surface area (Å²) in [6.07, 6.45) is 4.80. The van der Waals surface area contributed by atoms with Gasteiger partial charge < -0.3 is 10.0 Å². The van der Waals surface area contributed by atoms with Gasteiger partial charge in [0.05, 0.1) is 5.56 Å². The topological polar surface area (TPSA) is 43.8 Å². The van der Waals surface area contributed by atoms with Gasteiger partial charge in [-0.3, -0.25) is 4.90 Å². The van der Waals surface area contributed by atoms with Crippen LogP contribution in [-0.2, 0) is 6.42 Å². The Labute approximate surface area is 126 Å². The molecule has 0 amide bonds. The Bertz CT molecular complexity index is 513. The summed E-state index contributed by atoms with van der Waals surface area (Å²) in [5.41, 5.74) is 1.38. The van der Waals surface area contributed by atoms with E-state index in [2.05, 4.69) is 16.8 Å². The molecule has 1 saturated heterocycles. The van der Waals surface area contributed by atoms with E-state index < -0.39 is 5.97 Å². The quantitative estimate of drug-likeness (QED) is 0.870. The molecule has 0 aromatic heterocycles. The van der Waals surface area contributed by atoms with E-state index >= 15 is 0 Å². The molecule has 114 valence electrons. The van der Waals surface area contributed by atoms with E-state index in [1.807, 2.05) is 12.1 Å². The SMILES string of the molecule is CN(CCc1ccccc1C(=O)O)C1CCN(C2CC2)C1. The molecule has 1 atom stereocenters. The Balaban J connectivity index is 1.54. The molecular weight excluding hydrogens is 264 g/mol. The standard InChI is InChI=1S/C17H24N2O2/c1-18(15-9-11-19(12-15)14-6-7-14)10-8-13-4-2-3-5-16(13)17(20)21/h2-5,14-15H,6-12H2,1H3,(H,20,21). The number of aromatic carboxylic acids is 1. The highest BCUT2D eigenvalue weighted by atomic mass is 16.4. The molecule has 1 aliphatic heterocycles. The summed E-state index contributed by atoms with van der Waals surface area (Å²) >= 11 is 0. The van der Waals surface area contributed by atoms with Gasteiger partial charge >= 0.3 is 5.97 Å². The van der Waals surface area contributed by atoms with Crippen molar-refractivity contribution in [2.75, 3.05) is 26.7 Å². The number of nitrogens with zero attached hydrogens (tertiary/aromatic N) is 2. The van der Waals surface area contributed by atoms with Crippen molar-refractivity contribution in [2.24, 2.45) is 0 Å². The van der Waals surface area contributed by atoms with Crippen molar-refractivity contribution in [3.05, 3.63) is 35.4 Å². The fraction of sp³-hybridized carbons (Fsp3) is 0.588. The predicted molar refractivity (Wildman–Crippen MR) is 82.7 cm³/mol. The van der Waals surface area contributed by atoms with Crippen LogP contribution in [0.1, 0.15) is 35.2 Å². The molecule has 1 heterocycles. The minimum Gasteiger partial charge on any atom is -0.478 e. The van der Waals surface area contributed by atoms with E-state index in [0.29, 0.717) is 11.6 Å². The Morgan fingerprint density at radius 3 is 2.81 bits per heavy atom. The summed E-state index contributed by atoms with van der Waals surface area (Å²) < 4.78 is 0. The maximum absolute atomic E-state index is 11.2. The third-order valence-electron chi connectivity index (χ3n) is 4.86. The first-order valence-corrected chi connectivity index (χ1v) is 7.90. The van der Waals surface area contributed by atoms with Crippen LogP contribution in [0.15, 0.2) is 24.3 Å². The lowest BCUT2D eigenvalue weighted by molar-refractivity contribution is 0.0695. The lowest BCUT2D eigenvalue weighted by Gasteiger charge is -2.25. The smallest absolute Gasteiger partial charge is 0.335 e. The normalized spacial score (nSPS) is 22.9. The van der Waals surface area contributed by atoms with Gasteiger partial charge in [-0.2, -0.15) is 0 Å². The van der Waals surface area contributed by atoms with Crippen molar-refractivity contribution in [3.8, 4) is 0 Å². The summed E-state index contributed by atoms with van der Waals surface area (Å²) in [6.45, 7) is 3.33. The van der Waals surface area contributed by atoms with Crippen molar-refractivity contribution < 1.29 is 9.90 Å². The molecule has 2 aliphatic rings. The van der Waals surface area contributed by atoms with E-state index in [-0.39, 0.29) is 0 Å². The predicted octanol–water partition coefficient (Wildman–Crippen LogP) is 2.10. The fourth-order valence-electron chi connectivity index (χ4n) is 3.33. The number of rotatable bonds is 6. The average Bonchev–Trinajstić information content (AvgIpc) is 3.22. The molecule has 1 aliphatic carbocycles. The maximum atomic E-state index is 11.2. The van der Waals surface area contributed by atoms with Gasteiger partial charge in [-0.05, 0) is 44.4 Å². The summed E-state index contributed by atoms with van der Waals surface area (Å²) in [5.74, 6) is -0.825. The van der Waals surface area contributed by atoms with Gasteiger partial charge in [0.15, 0.2) is 0 Å². The van der Waals surface area contributed by atoms with Crippen LogP contribution in [-0.4, -0.2) is 59.6 Å². The molecular formula is C17H24N2O2. The molecule has 21 heavy (non-hydrogen) atoms. The summed E-state index contributed by atoms with van der Waals surface area (Å²) in [7, 11) is 2.17. The molecule has 1 saturated carbocycles. The second kappa shape index (κ2) is 6.16. The molecule has 0 bridgehead atoms. The second-order valence-corrected chi connectivity index (χ2v) is 6.36. The molecule has 1 unspecified atom stereocenters. The Hall–Kier alpha value is -1.39. The zero-order valence-electron chi connectivity index (χ0n) is 12.7. The van der Waals surface area contributed by atoms with Gasteiger partial charge in [0.1, 0.15) is 0 Å². The molecule has 2 fully saturated rings. The molecule has 4 heteroatoms. The maximum Gasteiger partial charge on any atom is 0.335 e. The Kier molecular flexibility index (Phi) is 4.27. The molecule has 0 spiro atoms. The molecule has 1 aromatic carbocycles. The molecule has 3 rings (SSSR count). The van der Waals surface area contributed by atoms with Crippen LogP contribution in [0.2, 0.25) is 0 Å². The second-order valence-electron chi connectivity index (χ2n) is 6.36. The lowest BCUT2D eigenvalue weighted by atomic mass is 10.0. The van der Waals surface area contributed by atoms with Crippen LogP contribution >= 0.6 is 0 Å². The largest absolute Gasteiger partial charge is 0.478 e. The van der Waals surface area contributed by atoms with Crippen molar-refractivity contribution in [2.45, 2.75) is 37.8 Å². The van der Waals surface area contributed by atoms with Crippen molar-refractivity contribution >= 4 is 5.97 Å². The van der Waals surface area contributed by atoms with Crippen LogP contribution in [0.4, 0.5) is 0 Å². The average molecular weight is 288 g/mol. The third-order valence-corrected chi connectivity index (χ3v) is 4.86. The zero-order valence-corrected chi connectivity index (χ0v) is 12.7. The highest BCUT2D eigenvalue weighted by Gasteiger charge is 2.35. The number of benzene rings is 1. The van der Waals surface area contributed by atoms with Gasteiger partial charge in [-0.15, -0.1) is 0 Å². The first kappa shape index (κ1) is 14.5. The van der Waals surface area contributed by atoms with Gasteiger partial charge in [0, 0.05) is 31.7 Å². The van der Waals surface area contributed by atoms with Crippen molar-refractivity contribution in [3.63, 3.8) is 0 Å². The van der Waals surface area contributed by atoms with Crippen molar-refractivity contribution in [1.29, 1.82) is 0 Å². The molecule has 0 radical (unpaired) electrons. The number of likely N-dealkylation sites (N-methyl/N-ethyl adjacent to an activating group) is 1. The van der Waals surface area contributed by atoms with Crippen LogP contribution in [0, 0.1) is 0 Å². The van der Waals surface area contributed by atoms with Gasteiger partial charge in [-0.25, -0.2) is 4.79 Å². The van der Waals surface area contributed by atoms with Crippen LogP contribution in [0.5, 0.6) is 0 Å². The third kappa shape index (κ3) is 3.44. The van der Waals surface area contributed by atoms with Crippen LogP contribution < -0.4 is 0 Å². The van der Waals surface area contributed by atoms with E-state index in [9.17, 15) is 9.90 Å². The zero-order chi connectivity index (χ0) is 14.8. The molecule has 1 aromatic rings. The molecule has 4 nitrogen and oxygen atoms in total. The van der Waals surface area contributed by atoms with Crippen molar-refractivity contribution in [1.82, 2.24) is 9.80 Å². The Morgan fingerprint density at radius 1 is 1.33 bits per heavy atom. The fourth-order valence-corrected chi connectivity index (χ4v) is 3.33. The monoisotopic (exact) mass is 288 g/mol. The Morgan fingerprint density at radius 2 is 2.10 bits per heavy atom. The lowest BCUT2D eigenvalue weighted by Crippen LogP contribution is -2.36. The van der Waals surface area contributed by atoms with E-state index in [4.69, 9.17) is 0 Å². The van der Waals surface area contributed by atoms with Crippen LogP contribution in [0.3, 0.4) is 0 Å². The van der Waals surface area contributed by atoms with Gasteiger partial charge in [0.2, 0.25) is 0 Å². The first-order chi connectivity index (χ1) is 10.1. The van der Waals surface area contributed by atoms with E-state index in [1.165, 1.54) is 32.4 Å². The number of likely N-dealkylation sites (tertiary alicyclic amines) is 1. The van der Waals surface area contributed by atoms with Gasteiger partial charge in [-0.1, -0.05) is 18.2 Å². The van der Waals surface area contributed by atoms with E-state index in [1.54, 1.807) is 12.1 Å². The van der Waals surface area contributed by atoms with E-state index in [0.717, 1.165) is 24.6 Å². The number of carboxylic acids is 1. The highest BCUT2D eigenvalue weighted by Crippen LogP contribution is 2.30. The minimum absolute atomic E-state index is 0.442. The minimum atomic E-state index is -0.825. The molecule has 1 N–H and O–H groups in total. The summed E-state index contributed by atoms with van der Waals surface area (Å²) in [4.78, 5) is 16.2. The number of carboxylic acid groups (broad SMARTS) is 1. The first-order valence-electron chi connectivity index (χ1n) is 7.90. The highest BCUT2D eigenvalue weighted by molar-refractivity contribution is 5.89. The number of carbonyl (C=O) groups is 1.